The molecule has 2 aromatic carbocycles. The third-order valence-corrected chi connectivity index (χ3v) is 8.64. The molecule has 11 heteroatoms. The lowest BCUT2D eigenvalue weighted by atomic mass is 10.1. The van der Waals surface area contributed by atoms with Crippen LogP contribution in [0.1, 0.15) is 11.3 Å². The highest BCUT2D eigenvalue weighted by Gasteiger charge is 2.31. The van der Waals surface area contributed by atoms with E-state index < -0.39 is 10.0 Å². The Bertz CT molecular complexity index is 1210. The molecular weight excluding hydrogens is 513 g/mol. The topological polar surface area (TPSA) is 62.7 Å². The molecule has 2 heterocycles. The molecule has 0 amide bonds. The molecule has 170 valence electrons. The summed E-state index contributed by atoms with van der Waals surface area (Å²) >= 11 is 19.7. The van der Waals surface area contributed by atoms with Crippen molar-refractivity contribution in [1.29, 1.82) is 0 Å². The zero-order valence-electron chi connectivity index (χ0n) is 17.1. The Labute approximate surface area is 206 Å². The van der Waals surface area contributed by atoms with Crippen molar-refractivity contribution in [3.8, 4) is 5.75 Å². The minimum absolute atomic E-state index is 0.0812. The van der Waals surface area contributed by atoms with Crippen LogP contribution < -0.4 is 9.64 Å². The van der Waals surface area contributed by atoms with Crippen LogP contribution in [0, 0.1) is 0 Å². The molecule has 1 aliphatic rings. The Morgan fingerprint density at radius 1 is 1.00 bits per heavy atom. The van der Waals surface area contributed by atoms with Crippen molar-refractivity contribution in [2.75, 3.05) is 38.2 Å². The number of nitrogens with zero attached hydrogens (tertiary/aromatic N) is 3. The van der Waals surface area contributed by atoms with Crippen LogP contribution in [0.2, 0.25) is 15.1 Å². The summed E-state index contributed by atoms with van der Waals surface area (Å²) in [5.41, 5.74) is 1.91. The van der Waals surface area contributed by atoms with E-state index in [0.717, 1.165) is 16.4 Å². The minimum atomic E-state index is -3.72. The van der Waals surface area contributed by atoms with E-state index in [1.807, 2.05) is 17.5 Å². The van der Waals surface area contributed by atoms with Gasteiger partial charge in [0.1, 0.15) is 10.6 Å². The predicted molar refractivity (Wildman–Crippen MR) is 130 cm³/mol. The summed E-state index contributed by atoms with van der Waals surface area (Å²) in [7, 11) is -2.28. The first-order chi connectivity index (χ1) is 15.3. The van der Waals surface area contributed by atoms with Gasteiger partial charge in [-0.25, -0.2) is 13.4 Å². The van der Waals surface area contributed by atoms with E-state index in [4.69, 9.17) is 44.5 Å². The molecule has 4 rings (SSSR count). The van der Waals surface area contributed by atoms with E-state index in [9.17, 15) is 8.42 Å². The fraction of sp³-hybridized carbons (Fsp3) is 0.286. The highest BCUT2D eigenvalue weighted by molar-refractivity contribution is 7.89. The zero-order chi connectivity index (χ0) is 22.9. The molecule has 1 aromatic heterocycles. The average Bonchev–Trinajstić information content (AvgIpc) is 3.21. The second-order valence-electron chi connectivity index (χ2n) is 7.26. The normalized spacial score (nSPS) is 15.2. The number of piperazine rings is 1. The lowest BCUT2D eigenvalue weighted by Crippen LogP contribution is -2.48. The van der Waals surface area contributed by atoms with Crippen LogP contribution in [0.15, 0.2) is 46.7 Å². The van der Waals surface area contributed by atoms with Crippen molar-refractivity contribution in [1.82, 2.24) is 9.29 Å². The van der Waals surface area contributed by atoms with Gasteiger partial charge < -0.3 is 9.64 Å². The molecule has 0 spiro atoms. The number of halogens is 3. The van der Waals surface area contributed by atoms with E-state index in [2.05, 4.69) is 4.90 Å². The van der Waals surface area contributed by atoms with Crippen LogP contribution in [-0.2, 0) is 16.4 Å². The summed E-state index contributed by atoms with van der Waals surface area (Å²) in [5, 5.41) is 4.41. The zero-order valence-corrected chi connectivity index (χ0v) is 21.0. The van der Waals surface area contributed by atoms with Gasteiger partial charge in [-0.2, -0.15) is 4.31 Å². The Hall–Kier alpha value is -1.55. The van der Waals surface area contributed by atoms with Crippen LogP contribution >= 0.6 is 46.1 Å². The van der Waals surface area contributed by atoms with Crippen molar-refractivity contribution in [3.05, 3.63) is 68.1 Å². The molecule has 0 radical (unpaired) electrons. The molecule has 0 atom stereocenters. The number of thiazole rings is 1. The Morgan fingerprint density at radius 2 is 1.69 bits per heavy atom. The maximum absolute atomic E-state index is 13.2. The highest BCUT2D eigenvalue weighted by Crippen LogP contribution is 2.31. The fourth-order valence-electron chi connectivity index (χ4n) is 3.56. The van der Waals surface area contributed by atoms with Gasteiger partial charge in [0.05, 0.1) is 12.8 Å². The standard InChI is InChI=1S/C21H20Cl3N3O3S2/c1-30-19-3-2-15(22)12-20(19)32(28,29)27-6-4-26(5-7-27)21-25-18(13-31-21)10-14-8-16(23)11-17(24)9-14/h2-3,8-9,11-13H,4-7,10H2,1H3. The summed E-state index contributed by atoms with van der Waals surface area (Å²) in [6, 6.07) is 10.0. The molecular formula is C21H20Cl3N3O3S2. The minimum Gasteiger partial charge on any atom is -0.495 e. The van der Waals surface area contributed by atoms with Crippen molar-refractivity contribution in [2.45, 2.75) is 11.3 Å². The van der Waals surface area contributed by atoms with E-state index >= 15 is 0 Å². The molecule has 1 saturated heterocycles. The number of benzene rings is 2. The number of hydrogen-bond donors (Lipinski definition) is 0. The Morgan fingerprint density at radius 3 is 2.34 bits per heavy atom. The SMILES string of the molecule is COc1ccc(Cl)cc1S(=O)(=O)N1CCN(c2nc(Cc3cc(Cl)cc(Cl)c3)cs2)CC1. The van der Waals surface area contributed by atoms with Gasteiger partial charge in [-0.3, -0.25) is 0 Å². The molecule has 32 heavy (non-hydrogen) atoms. The first kappa shape index (κ1) is 23.6. The quantitative estimate of drug-likeness (QED) is 0.436. The molecule has 0 N–H and O–H groups in total. The lowest BCUT2D eigenvalue weighted by molar-refractivity contribution is 0.374. The van der Waals surface area contributed by atoms with E-state index in [1.54, 1.807) is 29.5 Å². The van der Waals surface area contributed by atoms with Crippen LogP contribution in [0.5, 0.6) is 5.75 Å². The maximum atomic E-state index is 13.2. The second kappa shape index (κ2) is 9.75. The molecule has 0 bridgehead atoms. The summed E-state index contributed by atoms with van der Waals surface area (Å²) in [6.07, 6.45) is 0.625. The summed E-state index contributed by atoms with van der Waals surface area (Å²) < 4.78 is 33.0. The maximum Gasteiger partial charge on any atom is 0.246 e. The van der Waals surface area contributed by atoms with Gasteiger partial charge in [-0.1, -0.05) is 34.8 Å². The van der Waals surface area contributed by atoms with E-state index in [1.165, 1.54) is 17.5 Å². The van der Waals surface area contributed by atoms with Crippen molar-refractivity contribution < 1.29 is 13.2 Å². The van der Waals surface area contributed by atoms with Crippen molar-refractivity contribution in [2.24, 2.45) is 0 Å². The van der Waals surface area contributed by atoms with Gasteiger partial charge in [0.25, 0.3) is 0 Å². The number of sulfonamides is 1. The van der Waals surface area contributed by atoms with Crippen LogP contribution in [-0.4, -0.2) is 51.0 Å². The van der Waals surface area contributed by atoms with Crippen molar-refractivity contribution in [3.63, 3.8) is 0 Å². The molecule has 1 fully saturated rings. The van der Waals surface area contributed by atoms with Crippen LogP contribution in [0.25, 0.3) is 0 Å². The lowest BCUT2D eigenvalue weighted by Gasteiger charge is -2.34. The predicted octanol–water partition coefficient (Wildman–Crippen LogP) is 5.21. The number of methoxy groups -OCH3 is 1. The largest absolute Gasteiger partial charge is 0.495 e. The molecule has 1 aliphatic heterocycles. The molecule has 0 saturated carbocycles. The highest BCUT2D eigenvalue weighted by atomic mass is 35.5. The van der Waals surface area contributed by atoms with Crippen molar-refractivity contribution >= 4 is 61.3 Å². The summed E-state index contributed by atoms with van der Waals surface area (Å²) in [6.45, 7) is 1.77. The van der Waals surface area contributed by atoms with Gasteiger partial charge in [-0.15, -0.1) is 11.3 Å². The molecule has 0 unspecified atom stereocenters. The van der Waals surface area contributed by atoms with E-state index in [0.29, 0.717) is 47.7 Å². The summed E-state index contributed by atoms with van der Waals surface area (Å²) in [5.74, 6) is 0.280. The third kappa shape index (κ3) is 5.16. The van der Waals surface area contributed by atoms with Gasteiger partial charge in [0.15, 0.2) is 5.13 Å². The first-order valence-corrected chi connectivity index (χ1v) is 13.2. The van der Waals surface area contributed by atoms with Crippen LogP contribution in [0.3, 0.4) is 0 Å². The third-order valence-electron chi connectivity index (χ3n) is 5.10. The fourth-order valence-corrected chi connectivity index (χ4v) is 6.85. The summed E-state index contributed by atoms with van der Waals surface area (Å²) in [4.78, 5) is 6.90. The van der Waals surface area contributed by atoms with Gasteiger partial charge in [0.2, 0.25) is 10.0 Å². The second-order valence-corrected chi connectivity index (χ2v) is 11.3. The Kier molecular flexibility index (Phi) is 7.19. The van der Waals surface area contributed by atoms with Gasteiger partial charge in [-0.05, 0) is 42.0 Å². The first-order valence-electron chi connectivity index (χ1n) is 9.74. The van der Waals surface area contributed by atoms with Gasteiger partial charge in [0, 0.05) is 53.0 Å². The average molecular weight is 533 g/mol. The molecule has 6 nitrogen and oxygen atoms in total. The smallest absolute Gasteiger partial charge is 0.246 e. The number of rotatable bonds is 6. The Balaban J connectivity index is 1.44. The number of hydrogen-bond acceptors (Lipinski definition) is 6. The molecule has 3 aromatic rings. The number of aromatic nitrogens is 1. The van der Waals surface area contributed by atoms with Crippen LogP contribution in [0.4, 0.5) is 5.13 Å². The van der Waals surface area contributed by atoms with Gasteiger partial charge >= 0.3 is 0 Å². The van der Waals surface area contributed by atoms with E-state index in [-0.39, 0.29) is 10.6 Å². The molecule has 0 aliphatic carbocycles. The number of ether oxygens (including phenoxy) is 1. The monoisotopic (exact) mass is 531 g/mol. The number of anilines is 1.